The van der Waals surface area contributed by atoms with Crippen molar-refractivity contribution in [3.63, 3.8) is 0 Å². The molecule has 0 spiro atoms. The summed E-state index contributed by atoms with van der Waals surface area (Å²) in [5.41, 5.74) is 0.787. The topological polar surface area (TPSA) is 52.6 Å². The Balaban J connectivity index is 2.61. The summed E-state index contributed by atoms with van der Waals surface area (Å²) in [7, 11) is 0. The smallest absolute Gasteiger partial charge is 0.359 e. The molecule has 1 heterocycles. The lowest BCUT2D eigenvalue weighted by molar-refractivity contribution is -0.172. The molecule has 0 radical (unpaired) electrons. The summed E-state index contributed by atoms with van der Waals surface area (Å²) < 4.78 is 11.1. The monoisotopic (exact) mass is 320 g/mol. The van der Waals surface area contributed by atoms with Gasteiger partial charge in [0.25, 0.3) is 5.60 Å². The second kappa shape index (κ2) is 6.14. The summed E-state index contributed by atoms with van der Waals surface area (Å²) in [6.07, 6.45) is 5.09. The van der Waals surface area contributed by atoms with Crippen LogP contribution in [-0.2, 0) is 19.1 Å². The number of esters is 1. The normalized spacial score (nSPS) is 29.8. The third kappa shape index (κ3) is 2.84. The van der Waals surface area contributed by atoms with Crippen LogP contribution in [0.4, 0.5) is 0 Å². The molecule has 0 aromatic rings. The fourth-order valence-corrected chi connectivity index (χ4v) is 4.16. The minimum Gasteiger partial charge on any atom is -0.472 e. The molecule has 128 valence electrons. The van der Waals surface area contributed by atoms with Crippen LogP contribution in [-0.4, -0.2) is 24.0 Å². The molecule has 0 saturated heterocycles. The molecule has 0 N–H and O–H groups in total. The third-order valence-corrected chi connectivity index (χ3v) is 5.12. The van der Waals surface area contributed by atoms with Gasteiger partial charge >= 0.3 is 5.97 Å². The first-order valence-corrected chi connectivity index (χ1v) is 8.42. The van der Waals surface area contributed by atoms with Gasteiger partial charge in [-0.25, -0.2) is 4.79 Å². The van der Waals surface area contributed by atoms with Crippen LogP contribution < -0.4 is 0 Å². The highest BCUT2D eigenvalue weighted by atomic mass is 16.6. The van der Waals surface area contributed by atoms with E-state index < -0.39 is 11.6 Å². The second-order valence-corrected chi connectivity index (χ2v) is 7.30. The number of Topliss-reactive ketones (excluding diaryl/α,β-unsaturated/α-hetero) is 1. The maximum absolute atomic E-state index is 12.7. The summed E-state index contributed by atoms with van der Waals surface area (Å²) in [4.78, 5) is 25.2. The Morgan fingerprint density at radius 3 is 2.52 bits per heavy atom. The van der Waals surface area contributed by atoms with Crippen molar-refractivity contribution in [3.05, 3.63) is 23.0 Å². The average molecular weight is 320 g/mol. The Morgan fingerprint density at radius 2 is 2.00 bits per heavy atom. The van der Waals surface area contributed by atoms with Crippen LogP contribution in [0.1, 0.15) is 60.8 Å². The highest BCUT2D eigenvalue weighted by molar-refractivity contribution is 6.08. The van der Waals surface area contributed by atoms with Crippen LogP contribution in [0.15, 0.2) is 23.0 Å². The maximum atomic E-state index is 12.7. The molecule has 23 heavy (non-hydrogen) atoms. The lowest BCUT2D eigenvalue weighted by Gasteiger charge is -2.41. The van der Waals surface area contributed by atoms with Gasteiger partial charge in [-0.2, -0.15) is 0 Å². The summed E-state index contributed by atoms with van der Waals surface area (Å²) in [5.74, 6) is -0.641. The SMILES string of the molecule is CCOC(=O)[C@@]1(C(C)=O)OC(C)=C[C@H]1C1=C(C)CCCC1(C)C. The van der Waals surface area contributed by atoms with Crippen LogP contribution in [0.3, 0.4) is 0 Å². The maximum Gasteiger partial charge on any atom is 0.359 e. The van der Waals surface area contributed by atoms with E-state index in [0.29, 0.717) is 5.76 Å². The van der Waals surface area contributed by atoms with Crippen molar-refractivity contribution in [1.29, 1.82) is 0 Å². The quantitative estimate of drug-likeness (QED) is 0.447. The molecule has 4 heteroatoms. The Bertz CT molecular complexity index is 582. The van der Waals surface area contributed by atoms with Crippen molar-refractivity contribution in [1.82, 2.24) is 0 Å². The van der Waals surface area contributed by atoms with Gasteiger partial charge in [0.1, 0.15) is 0 Å². The van der Waals surface area contributed by atoms with Gasteiger partial charge in [-0.3, -0.25) is 4.79 Å². The molecule has 0 aromatic carbocycles. The zero-order valence-corrected chi connectivity index (χ0v) is 15.1. The summed E-state index contributed by atoms with van der Waals surface area (Å²) >= 11 is 0. The number of hydrogen-bond donors (Lipinski definition) is 0. The van der Waals surface area contributed by atoms with Crippen molar-refractivity contribution >= 4 is 11.8 Å². The third-order valence-electron chi connectivity index (χ3n) is 5.12. The Hall–Kier alpha value is -1.58. The predicted molar refractivity (Wildman–Crippen MR) is 88.7 cm³/mol. The van der Waals surface area contributed by atoms with Crippen molar-refractivity contribution < 1.29 is 19.1 Å². The lowest BCUT2D eigenvalue weighted by Crippen LogP contribution is -2.53. The molecule has 0 fully saturated rings. The van der Waals surface area contributed by atoms with Crippen molar-refractivity contribution in [2.75, 3.05) is 6.61 Å². The minimum absolute atomic E-state index is 0.0648. The summed E-state index contributed by atoms with van der Waals surface area (Å²) in [6, 6.07) is 0. The Labute approximate surface area is 138 Å². The largest absolute Gasteiger partial charge is 0.472 e. The molecular weight excluding hydrogens is 292 g/mol. The number of allylic oxidation sites excluding steroid dienone is 2. The second-order valence-electron chi connectivity index (χ2n) is 7.30. The zero-order valence-electron chi connectivity index (χ0n) is 15.1. The van der Waals surface area contributed by atoms with Crippen molar-refractivity contribution in [2.45, 2.75) is 66.4 Å². The van der Waals surface area contributed by atoms with Crippen molar-refractivity contribution in [2.24, 2.45) is 11.3 Å². The van der Waals surface area contributed by atoms with E-state index in [4.69, 9.17) is 9.47 Å². The molecule has 0 unspecified atom stereocenters. The van der Waals surface area contributed by atoms with E-state index in [2.05, 4.69) is 20.8 Å². The number of ketones is 1. The molecule has 2 aliphatic rings. The van der Waals surface area contributed by atoms with Gasteiger partial charge in [-0.1, -0.05) is 25.0 Å². The van der Waals surface area contributed by atoms with Gasteiger partial charge in [-0.15, -0.1) is 0 Å². The molecule has 0 amide bonds. The van der Waals surface area contributed by atoms with Crippen LogP contribution >= 0.6 is 0 Å². The Kier molecular flexibility index (Phi) is 4.74. The fraction of sp³-hybridized carbons (Fsp3) is 0.684. The van der Waals surface area contributed by atoms with E-state index in [1.807, 2.05) is 6.08 Å². The Morgan fingerprint density at radius 1 is 1.35 bits per heavy atom. The fourth-order valence-electron chi connectivity index (χ4n) is 4.16. The number of carbonyl (C=O) groups is 2. The van der Waals surface area contributed by atoms with E-state index in [0.717, 1.165) is 24.8 Å². The molecule has 0 saturated carbocycles. The van der Waals surface area contributed by atoms with Crippen LogP contribution in [0, 0.1) is 11.3 Å². The number of ether oxygens (including phenoxy) is 2. The van der Waals surface area contributed by atoms with Crippen LogP contribution in [0.2, 0.25) is 0 Å². The molecule has 0 bridgehead atoms. The van der Waals surface area contributed by atoms with Gasteiger partial charge in [-0.05, 0) is 58.4 Å². The van der Waals surface area contributed by atoms with Gasteiger partial charge in [0.05, 0.1) is 18.3 Å². The first kappa shape index (κ1) is 17.8. The molecule has 1 aliphatic heterocycles. The predicted octanol–water partition coefficient (Wildman–Crippen LogP) is 3.95. The first-order chi connectivity index (χ1) is 10.7. The van der Waals surface area contributed by atoms with Crippen LogP contribution in [0.5, 0.6) is 0 Å². The molecule has 4 nitrogen and oxygen atoms in total. The van der Waals surface area contributed by atoms with E-state index in [1.165, 1.54) is 12.5 Å². The standard InChI is InChI=1S/C19H28O4/c1-7-22-17(21)19(14(4)20)15(11-13(3)23-19)16-12(2)9-8-10-18(16,5)6/h11,15H,7-10H2,1-6H3/t15-,19-/m0/s1. The van der Waals surface area contributed by atoms with E-state index >= 15 is 0 Å². The highest BCUT2D eigenvalue weighted by Crippen LogP contribution is 2.51. The lowest BCUT2D eigenvalue weighted by atomic mass is 9.64. The number of rotatable bonds is 4. The van der Waals surface area contributed by atoms with E-state index in [-0.39, 0.29) is 23.7 Å². The van der Waals surface area contributed by atoms with E-state index in [1.54, 1.807) is 13.8 Å². The molecule has 0 aromatic heterocycles. The zero-order chi connectivity index (χ0) is 17.4. The molecular formula is C19H28O4. The van der Waals surface area contributed by atoms with Gasteiger partial charge in [0.15, 0.2) is 5.78 Å². The van der Waals surface area contributed by atoms with E-state index in [9.17, 15) is 9.59 Å². The number of carbonyl (C=O) groups excluding carboxylic acids is 2. The van der Waals surface area contributed by atoms with Gasteiger partial charge in [0, 0.05) is 0 Å². The summed E-state index contributed by atoms with van der Waals surface area (Å²) in [6.45, 7) is 11.7. The molecule has 2 rings (SSSR count). The van der Waals surface area contributed by atoms with Crippen LogP contribution in [0.25, 0.3) is 0 Å². The number of hydrogen-bond acceptors (Lipinski definition) is 4. The molecule has 1 aliphatic carbocycles. The minimum atomic E-state index is -1.56. The van der Waals surface area contributed by atoms with Gasteiger partial charge < -0.3 is 9.47 Å². The van der Waals surface area contributed by atoms with Gasteiger partial charge in [0.2, 0.25) is 0 Å². The average Bonchev–Trinajstić information content (AvgIpc) is 2.76. The summed E-state index contributed by atoms with van der Waals surface area (Å²) in [5, 5.41) is 0. The van der Waals surface area contributed by atoms with Crippen molar-refractivity contribution in [3.8, 4) is 0 Å². The highest BCUT2D eigenvalue weighted by Gasteiger charge is 2.59. The molecule has 2 atom stereocenters. The first-order valence-electron chi connectivity index (χ1n) is 8.42.